The molecule has 146 valence electrons. The highest BCUT2D eigenvalue weighted by Crippen LogP contribution is 2.27. The number of nitrogens with zero attached hydrogens (tertiary/aromatic N) is 1. The number of carbonyl (C=O) groups is 1. The predicted octanol–water partition coefficient (Wildman–Crippen LogP) is 3.07. The summed E-state index contributed by atoms with van der Waals surface area (Å²) in [4.78, 5) is 12.4. The number of benzene rings is 2. The number of rotatable bonds is 9. The maximum Gasteiger partial charge on any atom is 0.240 e. The molecule has 0 saturated heterocycles. The van der Waals surface area contributed by atoms with Gasteiger partial charge in [-0.05, 0) is 42.9 Å². The summed E-state index contributed by atoms with van der Waals surface area (Å²) in [5, 5.41) is 2.84. The molecule has 2 rings (SSSR count). The lowest BCUT2D eigenvalue weighted by molar-refractivity contribution is -0.119. The summed E-state index contributed by atoms with van der Waals surface area (Å²) >= 11 is 0. The van der Waals surface area contributed by atoms with E-state index in [1.165, 1.54) is 9.87 Å². The number of aryl methyl sites for hydroxylation is 3. The van der Waals surface area contributed by atoms with E-state index in [0.717, 1.165) is 30.2 Å². The van der Waals surface area contributed by atoms with Gasteiger partial charge >= 0.3 is 0 Å². The van der Waals surface area contributed by atoms with E-state index in [1.54, 1.807) is 0 Å². The molecule has 0 aromatic heterocycles. The van der Waals surface area contributed by atoms with Crippen LogP contribution in [-0.4, -0.2) is 33.7 Å². The summed E-state index contributed by atoms with van der Waals surface area (Å²) in [5.41, 5.74) is 3.59. The molecule has 0 bridgehead atoms. The standard InChI is InChI=1S/C21H28N2O3S/c1-4-19-14-8-10-17(2)21(19)23(27(3,25)26)16-20(24)22-15-9-13-18-11-6-5-7-12-18/h5-8,10-12,14H,4,9,13,15-16H2,1-3H3,(H,22,24). The Morgan fingerprint density at radius 2 is 1.78 bits per heavy atom. The van der Waals surface area contributed by atoms with E-state index in [0.29, 0.717) is 18.7 Å². The molecule has 0 aliphatic rings. The van der Waals surface area contributed by atoms with Gasteiger partial charge in [-0.1, -0.05) is 55.5 Å². The van der Waals surface area contributed by atoms with Gasteiger partial charge in [-0.3, -0.25) is 9.10 Å². The van der Waals surface area contributed by atoms with Crippen LogP contribution in [-0.2, 0) is 27.7 Å². The Kier molecular flexibility index (Phi) is 7.42. The molecular formula is C21H28N2O3S. The largest absolute Gasteiger partial charge is 0.355 e. The van der Waals surface area contributed by atoms with Gasteiger partial charge in [-0.25, -0.2) is 8.42 Å². The first-order valence-corrected chi connectivity index (χ1v) is 11.0. The Morgan fingerprint density at radius 3 is 2.41 bits per heavy atom. The highest BCUT2D eigenvalue weighted by atomic mass is 32.2. The van der Waals surface area contributed by atoms with Crippen LogP contribution in [0.2, 0.25) is 0 Å². The van der Waals surface area contributed by atoms with Crippen molar-refractivity contribution in [3.05, 3.63) is 65.2 Å². The smallest absolute Gasteiger partial charge is 0.240 e. The second kappa shape index (κ2) is 9.55. The van der Waals surface area contributed by atoms with Crippen molar-refractivity contribution in [2.75, 3.05) is 23.7 Å². The second-order valence-electron chi connectivity index (χ2n) is 6.64. The number of anilines is 1. The first-order valence-electron chi connectivity index (χ1n) is 9.19. The Bertz CT molecular complexity index is 864. The van der Waals surface area contributed by atoms with Crippen molar-refractivity contribution < 1.29 is 13.2 Å². The van der Waals surface area contributed by atoms with Crippen molar-refractivity contribution in [2.45, 2.75) is 33.1 Å². The highest BCUT2D eigenvalue weighted by Gasteiger charge is 2.24. The van der Waals surface area contributed by atoms with E-state index in [-0.39, 0.29) is 12.5 Å². The van der Waals surface area contributed by atoms with Crippen molar-refractivity contribution in [2.24, 2.45) is 0 Å². The molecule has 2 aromatic rings. The summed E-state index contributed by atoms with van der Waals surface area (Å²) in [7, 11) is -3.57. The van der Waals surface area contributed by atoms with Gasteiger partial charge in [0.2, 0.25) is 15.9 Å². The van der Waals surface area contributed by atoms with Crippen LogP contribution in [0.3, 0.4) is 0 Å². The topological polar surface area (TPSA) is 66.5 Å². The van der Waals surface area contributed by atoms with Gasteiger partial charge < -0.3 is 5.32 Å². The molecule has 0 atom stereocenters. The SMILES string of the molecule is CCc1cccc(C)c1N(CC(=O)NCCCc1ccccc1)S(C)(=O)=O. The van der Waals surface area contributed by atoms with E-state index < -0.39 is 10.0 Å². The van der Waals surface area contributed by atoms with Crippen LogP contribution in [0, 0.1) is 6.92 Å². The zero-order chi connectivity index (χ0) is 19.9. The monoisotopic (exact) mass is 388 g/mol. The average molecular weight is 389 g/mol. The van der Waals surface area contributed by atoms with E-state index >= 15 is 0 Å². The van der Waals surface area contributed by atoms with Gasteiger partial charge in [-0.15, -0.1) is 0 Å². The zero-order valence-corrected chi connectivity index (χ0v) is 17.1. The molecule has 2 aromatic carbocycles. The highest BCUT2D eigenvalue weighted by molar-refractivity contribution is 7.92. The third-order valence-corrected chi connectivity index (χ3v) is 5.56. The number of hydrogen-bond acceptors (Lipinski definition) is 3. The molecule has 5 nitrogen and oxygen atoms in total. The van der Waals surface area contributed by atoms with Crippen LogP contribution in [0.4, 0.5) is 5.69 Å². The molecule has 1 amide bonds. The van der Waals surface area contributed by atoms with Gasteiger partial charge in [0.05, 0.1) is 11.9 Å². The molecule has 0 fully saturated rings. The third-order valence-electron chi connectivity index (χ3n) is 4.45. The molecule has 0 spiro atoms. The molecule has 0 aliphatic heterocycles. The van der Waals surface area contributed by atoms with Gasteiger partial charge in [0.25, 0.3) is 0 Å². The minimum absolute atomic E-state index is 0.206. The molecule has 6 heteroatoms. The van der Waals surface area contributed by atoms with Crippen molar-refractivity contribution in [1.82, 2.24) is 5.32 Å². The minimum atomic E-state index is -3.57. The summed E-state index contributed by atoms with van der Waals surface area (Å²) in [6.07, 6.45) is 3.51. The molecule has 0 aliphatic carbocycles. The Hall–Kier alpha value is -2.34. The van der Waals surface area contributed by atoms with Crippen LogP contribution >= 0.6 is 0 Å². The average Bonchev–Trinajstić information content (AvgIpc) is 2.63. The molecule has 0 saturated carbocycles. The lowest BCUT2D eigenvalue weighted by atomic mass is 10.1. The van der Waals surface area contributed by atoms with E-state index in [2.05, 4.69) is 17.4 Å². The Morgan fingerprint density at radius 1 is 1.07 bits per heavy atom. The van der Waals surface area contributed by atoms with Crippen LogP contribution < -0.4 is 9.62 Å². The lowest BCUT2D eigenvalue weighted by Crippen LogP contribution is -2.41. The third kappa shape index (κ3) is 6.10. The summed E-state index contributed by atoms with van der Waals surface area (Å²) < 4.78 is 25.9. The number of carbonyl (C=O) groups excluding carboxylic acids is 1. The fourth-order valence-electron chi connectivity index (χ4n) is 3.08. The quantitative estimate of drug-likeness (QED) is 0.672. The fraction of sp³-hybridized carbons (Fsp3) is 0.381. The first kappa shape index (κ1) is 21.0. The van der Waals surface area contributed by atoms with Crippen molar-refractivity contribution in [3.8, 4) is 0 Å². The number of sulfonamides is 1. The molecule has 0 unspecified atom stereocenters. The van der Waals surface area contributed by atoms with E-state index in [4.69, 9.17) is 0 Å². The fourth-order valence-corrected chi connectivity index (χ4v) is 4.02. The molecular weight excluding hydrogens is 360 g/mol. The normalized spacial score (nSPS) is 11.2. The van der Waals surface area contributed by atoms with Crippen LogP contribution in [0.15, 0.2) is 48.5 Å². The summed E-state index contributed by atoms with van der Waals surface area (Å²) in [6.45, 7) is 4.15. The van der Waals surface area contributed by atoms with Gasteiger partial charge in [-0.2, -0.15) is 0 Å². The van der Waals surface area contributed by atoms with E-state index in [1.807, 2.05) is 50.2 Å². The minimum Gasteiger partial charge on any atom is -0.355 e. The second-order valence-corrected chi connectivity index (χ2v) is 8.55. The Labute approximate surface area is 162 Å². The maximum absolute atomic E-state index is 12.4. The van der Waals surface area contributed by atoms with Crippen molar-refractivity contribution >= 4 is 21.6 Å². The number of para-hydroxylation sites is 1. The van der Waals surface area contributed by atoms with Gasteiger partial charge in [0.15, 0.2) is 0 Å². The summed E-state index contributed by atoms with van der Waals surface area (Å²) in [6, 6.07) is 15.7. The van der Waals surface area contributed by atoms with Crippen molar-refractivity contribution in [1.29, 1.82) is 0 Å². The molecule has 0 radical (unpaired) electrons. The van der Waals surface area contributed by atoms with Crippen molar-refractivity contribution in [3.63, 3.8) is 0 Å². The zero-order valence-electron chi connectivity index (χ0n) is 16.2. The van der Waals surface area contributed by atoms with Gasteiger partial charge in [0, 0.05) is 6.54 Å². The number of amides is 1. The number of nitrogens with one attached hydrogen (secondary N) is 1. The molecule has 0 heterocycles. The van der Waals surface area contributed by atoms with Crippen LogP contribution in [0.25, 0.3) is 0 Å². The maximum atomic E-state index is 12.4. The Balaban J connectivity index is 2.01. The van der Waals surface area contributed by atoms with Gasteiger partial charge in [0.1, 0.15) is 6.54 Å². The lowest BCUT2D eigenvalue weighted by Gasteiger charge is -2.26. The molecule has 1 N–H and O–H groups in total. The van der Waals surface area contributed by atoms with Crippen LogP contribution in [0.5, 0.6) is 0 Å². The predicted molar refractivity (Wildman–Crippen MR) is 111 cm³/mol. The van der Waals surface area contributed by atoms with Crippen LogP contribution in [0.1, 0.15) is 30.0 Å². The summed E-state index contributed by atoms with van der Waals surface area (Å²) in [5.74, 6) is -0.293. The molecule has 27 heavy (non-hydrogen) atoms. The van der Waals surface area contributed by atoms with E-state index in [9.17, 15) is 13.2 Å². The number of hydrogen-bond donors (Lipinski definition) is 1. The first-order chi connectivity index (χ1) is 12.8.